The molecule has 0 saturated heterocycles. The normalized spacial score (nSPS) is 38.2. The SMILES string of the molecule is CC(C)(C)[C@@H]1CC[C@@H](O)[C@H](O)C1. The molecule has 1 rings (SSSR count). The molecule has 1 fully saturated rings. The molecule has 1 aliphatic rings. The molecule has 2 N–H and O–H groups in total. The zero-order valence-corrected chi connectivity index (χ0v) is 8.25. The van der Waals surface area contributed by atoms with E-state index in [4.69, 9.17) is 0 Å². The van der Waals surface area contributed by atoms with Gasteiger partial charge >= 0.3 is 0 Å². The van der Waals surface area contributed by atoms with Crippen LogP contribution >= 0.6 is 0 Å². The van der Waals surface area contributed by atoms with Gasteiger partial charge < -0.3 is 10.2 Å². The highest BCUT2D eigenvalue weighted by Crippen LogP contribution is 2.37. The Morgan fingerprint density at radius 3 is 2.00 bits per heavy atom. The number of aliphatic hydroxyl groups is 2. The fourth-order valence-corrected chi connectivity index (χ4v) is 1.92. The van der Waals surface area contributed by atoms with Crippen molar-refractivity contribution in [1.82, 2.24) is 0 Å². The highest BCUT2D eigenvalue weighted by Gasteiger charge is 2.33. The predicted molar refractivity (Wildman–Crippen MR) is 48.8 cm³/mol. The summed E-state index contributed by atoms with van der Waals surface area (Å²) in [6.07, 6.45) is 1.57. The van der Waals surface area contributed by atoms with Gasteiger partial charge in [-0.1, -0.05) is 20.8 Å². The molecule has 0 aliphatic heterocycles. The Morgan fingerprint density at radius 2 is 1.58 bits per heavy atom. The first kappa shape index (κ1) is 10.0. The standard InChI is InChI=1S/C10H20O2/c1-10(2,3)7-4-5-8(11)9(12)6-7/h7-9,11-12H,4-6H2,1-3H3/t7-,8-,9-/m1/s1. The summed E-state index contributed by atoms with van der Waals surface area (Å²) in [7, 11) is 0. The molecule has 0 amide bonds. The van der Waals surface area contributed by atoms with Crippen molar-refractivity contribution in [2.24, 2.45) is 11.3 Å². The van der Waals surface area contributed by atoms with E-state index >= 15 is 0 Å². The first-order chi connectivity index (χ1) is 5.41. The van der Waals surface area contributed by atoms with Crippen molar-refractivity contribution in [3.8, 4) is 0 Å². The maximum absolute atomic E-state index is 9.46. The second-order valence-electron chi connectivity index (χ2n) is 5.01. The quantitative estimate of drug-likeness (QED) is 0.582. The topological polar surface area (TPSA) is 40.5 Å². The van der Waals surface area contributed by atoms with Crippen LogP contribution in [-0.2, 0) is 0 Å². The Bertz CT molecular complexity index is 148. The molecular weight excluding hydrogens is 152 g/mol. The van der Waals surface area contributed by atoms with Crippen LogP contribution in [0.15, 0.2) is 0 Å². The summed E-state index contributed by atoms with van der Waals surface area (Å²) in [5.74, 6) is 0.552. The van der Waals surface area contributed by atoms with Gasteiger partial charge in [0, 0.05) is 0 Å². The third-order valence-corrected chi connectivity index (χ3v) is 3.01. The fourth-order valence-electron chi connectivity index (χ4n) is 1.92. The molecule has 0 heterocycles. The van der Waals surface area contributed by atoms with Crippen LogP contribution in [0.4, 0.5) is 0 Å². The van der Waals surface area contributed by atoms with Crippen LogP contribution in [0.3, 0.4) is 0 Å². The molecule has 12 heavy (non-hydrogen) atoms. The fraction of sp³-hybridized carbons (Fsp3) is 1.00. The molecule has 1 saturated carbocycles. The van der Waals surface area contributed by atoms with Crippen LogP contribution in [0, 0.1) is 11.3 Å². The monoisotopic (exact) mass is 172 g/mol. The van der Waals surface area contributed by atoms with Gasteiger partial charge in [0.2, 0.25) is 0 Å². The molecule has 1 aliphatic carbocycles. The average molecular weight is 172 g/mol. The molecule has 3 atom stereocenters. The summed E-state index contributed by atoms with van der Waals surface area (Å²) in [6, 6.07) is 0. The van der Waals surface area contributed by atoms with Gasteiger partial charge in [-0.15, -0.1) is 0 Å². The van der Waals surface area contributed by atoms with Gasteiger partial charge in [0.05, 0.1) is 12.2 Å². The van der Waals surface area contributed by atoms with Crippen LogP contribution in [0.1, 0.15) is 40.0 Å². The first-order valence-electron chi connectivity index (χ1n) is 4.77. The lowest BCUT2D eigenvalue weighted by molar-refractivity contribution is -0.0432. The van der Waals surface area contributed by atoms with E-state index < -0.39 is 12.2 Å². The van der Waals surface area contributed by atoms with E-state index in [1.807, 2.05) is 0 Å². The minimum atomic E-state index is -0.497. The van der Waals surface area contributed by atoms with E-state index in [0.29, 0.717) is 5.92 Å². The minimum absolute atomic E-state index is 0.265. The van der Waals surface area contributed by atoms with Gasteiger partial charge in [-0.25, -0.2) is 0 Å². The molecule has 0 aromatic heterocycles. The molecule has 2 heteroatoms. The highest BCUT2D eigenvalue weighted by atomic mass is 16.3. The molecular formula is C10H20O2. The van der Waals surface area contributed by atoms with Crippen LogP contribution < -0.4 is 0 Å². The Labute approximate surface area is 74.6 Å². The molecule has 0 aromatic rings. The van der Waals surface area contributed by atoms with Crippen molar-refractivity contribution < 1.29 is 10.2 Å². The molecule has 72 valence electrons. The van der Waals surface area contributed by atoms with Gasteiger partial charge in [-0.2, -0.15) is 0 Å². The van der Waals surface area contributed by atoms with Crippen LogP contribution in [0.5, 0.6) is 0 Å². The predicted octanol–water partition coefficient (Wildman–Crippen LogP) is 1.55. The largest absolute Gasteiger partial charge is 0.390 e. The van der Waals surface area contributed by atoms with Gasteiger partial charge in [0.1, 0.15) is 0 Å². The van der Waals surface area contributed by atoms with Crippen molar-refractivity contribution in [3.63, 3.8) is 0 Å². The maximum atomic E-state index is 9.46. The summed E-state index contributed by atoms with van der Waals surface area (Å²) < 4.78 is 0. The Hall–Kier alpha value is -0.0800. The highest BCUT2D eigenvalue weighted by molar-refractivity contribution is 4.85. The van der Waals surface area contributed by atoms with E-state index in [1.54, 1.807) is 0 Å². The van der Waals surface area contributed by atoms with E-state index in [1.165, 1.54) is 0 Å². The van der Waals surface area contributed by atoms with Crippen LogP contribution in [0.25, 0.3) is 0 Å². The number of aliphatic hydroxyl groups excluding tert-OH is 2. The summed E-state index contributed by atoms with van der Waals surface area (Å²) in [6.45, 7) is 6.59. The Kier molecular flexibility index (Phi) is 2.79. The second-order valence-corrected chi connectivity index (χ2v) is 5.01. The lowest BCUT2D eigenvalue weighted by Crippen LogP contribution is -2.37. The van der Waals surface area contributed by atoms with E-state index in [-0.39, 0.29) is 5.41 Å². The summed E-state index contributed by atoms with van der Waals surface area (Å²) in [5.41, 5.74) is 0.265. The minimum Gasteiger partial charge on any atom is -0.390 e. The van der Waals surface area contributed by atoms with Gasteiger partial charge in [0.15, 0.2) is 0 Å². The number of rotatable bonds is 0. The van der Waals surface area contributed by atoms with E-state index in [2.05, 4.69) is 20.8 Å². The maximum Gasteiger partial charge on any atom is 0.0801 e. The summed E-state index contributed by atoms with van der Waals surface area (Å²) in [4.78, 5) is 0. The van der Waals surface area contributed by atoms with Crippen molar-refractivity contribution in [1.29, 1.82) is 0 Å². The smallest absolute Gasteiger partial charge is 0.0801 e. The van der Waals surface area contributed by atoms with Crippen LogP contribution in [-0.4, -0.2) is 22.4 Å². The zero-order chi connectivity index (χ0) is 9.35. The second kappa shape index (κ2) is 3.35. The van der Waals surface area contributed by atoms with Crippen molar-refractivity contribution in [3.05, 3.63) is 0 Å². The molecule has 2 nitrogen and oxygen atoms in total. The average Bonchev–Trinajstić information content (AvgIpc) is 1.92. The van der Waals surface area contributed by atoms with Crippen molar-refractivity contribution in [2.75, 3.05) is 0 Å². The third kappa shape index (κ3) is 2.20. The van der Waals surface area contributed by atoms with Gasteiger partial charge in [-0.05, 0) is 30.6 Å². The number of hydrogen-bond donors (Lipinski definition) is 2. The lowest BCUT2D eigenvalue weighted by atomic mass is 9.71. The molecule has 0 radical (unpaired) electrons. The number of hydrogen-bond acceptors (Lipinski definition) is 2. The van der Waals surface area contributed by atoms with Crippen LogP contribution in [0.2, 0.25) is 0 Å². The van der Waals surface area contributed by atoms with Crippen molar-refractivity contribution >= 4 is 0 Å². The Morgan fingerprint density at radius 1 is 1.00 bits per heavy atom. The van der Waals surface area contributed by atoms with Crippen molar-refractivity contribution in [2.45, 2.75) is 52.2 Å². The summed E-state index contributed by atoms with van der Waals surface area (Å²) >= 11 is 0. The Balaban J connectivity index is 2.51. The molecule has 0 aromatic carbocycles. The van der Waals surface area contributed by atoms with Gasteiger partial charge in [0.25, 0.3) is 0 Å². The van der Waals surface area contributed by atoms with E-state index in [0.717, 1.165) is 19.3 Å². The molecule has 0 unspecified atom stereocenters. The summed E-state index contributed by atoms with van der Waals surface area (Å²) in [5, 5.41) is 18.8. The molecule has 0 spiro atoms. The zero-order valence-electron chi connectivity index (χ0n) is 8.25. The van der Waals surface area contributed by atoms with E-state index in [9.17, 15) is 10.2 Å². The van der Waals surface area contributed by atoms with Gasteiger partial charge in [-0.3, -0.25) is 0 Å². The first-order valence-corrected chi connectivity index (χ1v) is 4.77. The molecule has 0 bridgehead atoms. The lowest BCUT2D eigenvalue weighted by Gasteiger charge is -2.38. The third-order valence-electron chi connectivity index (χ3n) is 3.01.